The summed E-state index contributed by atoms with van der Waals surface area (Å²) < 4.78 is 10.1. The van der Waals surface area contributed by atoms with Crippen LogP contribution in [0.1, 0.15) is 41.4 Å². The van der Waals surface area contributed by atoms with E-state index < -0.39 is 57.3 Å². The van der Waals surface area contributed by atoms with E-state index in [1.54, 1.807) is 12.1 Å². The molecular formula is C30H22O10. The Morgan fingerprint density at radius 1 is 0.500 bits per heavy atom. The van der Waals surface area contributed by atoms with E-state index in [9.17, 15) is 39.6 Å². The highest BCUT2D eigenvalue weighted by atomic mass is 16.5. The Kier molecular flexibility index (Phi) is 7.53. The fraction of sp³-hybridized carbons (Fsp3) is 0.0667. The number of phenols is 4. The van der Waals surface area contributed by atoms with Gasteiger partial charge in [-0.15, -0.1) is 0 Å². The number of methoxy groups -OCH3 is 2. The molecule has 4 aromatic carbocycles. The predicted molar refractivity (Wildman–Crippen MR) is 142 cm³/mol. The normalized spacial score (nSPS) is 10.6. The Morgan fingerprint density at radius 2 is 0.875 bits per heavy atom. The first-order valence-corrected chi connectivity index (χ1v) is 11.6. The minimum absolute atomic E-state index is 0.00127. The molecule has 0 saturated carbocycles. The maximum Gasteiger partial charge on any atom is 0.237 e. The molecule has 0 aliphatic carbocycles. The second-order valence-electron chi connectivity index (χ2n) is 8.55. The molecule has 40 heavy (non-hydrogen) atoms. The lowest BCUT2D eigenvalue weighted by Gasteiger charge is -2.13. The molecule has 202 valence electrons. The third-order valence-corrected chi connectivity index (χ3v) is 6.08. The number of ketones is 4. The van der Waals surface area contributed by atoms with Crippen LogP contribution < -0.4 is 9.47 Å². The van der Waals surface area contributed by atoms with E-state index in [1.165, 1.54) is 50.6 Å². The van der Waals surface area contributed by atoms with Crippen LogP contribution in [0.3, 0.4) is 0 Å². The molecule has 10 nitrogen and oxygen atoms in total. The second kappa shape index (κ2) is 11.0. The Morgan fingerprint density at radius 3 is 1.23 bits per heavy atom. The quantitative estimate of drug-likeness (QED) is 0.136. The van der Waals surface area contributed by atoms with Crippen LogP contribution in [0.5, 0.6) is 34.5 Å². The van der Waals surface area contributed by atoms with Crippen molar-refractivity contribution in [2.24, 2.45) is 0 Å². The molecule has 10 heteroatoms. The van der Waals surface area contributed by atoms with Gasteiger partial charge in [-0.3, -0.25) is 19.2 Å². The van der Waals surface area contributed by atoms with E-state index in [2.05, 4.69) is 0 Å². The standard InChI is InChI=1S/C30H22O10/c1-39-17-7-3-5-15(9-17)27(35)29(37)21-13-23(31)19(11-25(21)33)20-12-26(34)22(14-24(20)32)30(38)28(36)16-6-4-8-18(10-16)40-2/h3-14,31-34H,1-2H3. The summed E-state index contributed by atoms with van der Waals surface area (Å²) >= 11 is 0. The first-order chi connectivity index (χ1) is 19.0. The van der Waals surface area contributed by atoms with Crippen molar-refractivity contribution in [1.82, 2.24) is 0 Å². The number of rotatable bonds is 9. The Bertz CT molecular complexity index is 1560. The fourth-order valence-corrected chi connectivity index (χ4v) is 3.98. The molecule has 0 bridgehead atoms. The van der Waals surface area contributed by atoms with Crippen molar-refractivity contribution in [2.45, 2.75) is 0 Å². The van der Waals surface area contributed by atoms with Crippen LogP contribution in [-0.2, 0) is 0 Å². The molecule has 4 rings (SSSR count). The van der Waals surface area contributed by atoms with Crippen LogP contribution in [-0.4, -0.2) is 57.8 Å². The lowest BCUT2D eigenvalue weighted by atomic mass is 9.94. The highest BCUT2D eigenvalue weighted by Gasteiger charge is 2.27. The maximum absolute atomic E-state index is 12.8. The SMILES string of the molecule is COc1cccc(C(=O)C(=O)c2cc(O)c(-c3cc(O)c(C(=O)C(=O)c4cccc(OC)c4)cc3O)cc2O)c1. The van der Waals surface area contributed by atoms with E-state index >= 15 is 0 Å². The number of ether oxygens (including phenoxy) is 2. The number of benzene rings is 4. The van der Waals surface area contributed by atoms with Crippen molar-refractivity contribution in [3.63, 3.8) is 0 Å². The van der Waals surface area contributed by atoms with Gasteiger partial charge in [0.25, 0.3) is 0 Å². The Labute approximate surface area is 227 Å². The molecule has 4 aromatic rings. The summed E-state index contributed by atoms with van der Waals surface area (Å²) in [6.45, 7) is 0. The average molecular weight is 542 g/mol. The van der Waals surface area contributed by atoms with E-state index in [0.29, 0.717) is 11.5 Å². The van der Waals surface area contributed by atoms with E-state index in [1.807, 2.05) is 0 Å². The van der Waals surface area contributed by atoms with E-state index in [4.69, 9.17) is 9.47 Å². The van der Waals surface area contributed by atoms with Gasteiger partial charge in [-0.2, -0.15) is 0 Å². The predicted octanol–water partition coefficient (Wildman–Crippen LogP) is 4.32. The minimum atomic E-state index is -1.11. The highest BCUT2D eigenvalue weighted by Crippen LogP contribution is 2.42. The summed E-state index contributed by atoms with van der Waals surface area (Å²) in [7, 11) is 2.78. The molecule has 0 aliphatic heterocycles. The Hall–Kier alpha value is -5.64. The summed E-state index contributed by atoms with van der Waals surface area (Å²) in [6, 6.07) is 15.1. The second-order valence-corrected chi connectivity index (χ2v) is 8.55. The third-order valence-electron chi connectivity index (χ3n) is 6.08. The van der Waals surface area contributed by atoms with Crippen molar-refractivity contribution in [3.05, 3.63) is 95.1 Å². The largest absolute Gasteiger partial charge is 0.507 e. The number of aromatic hydroxyl groups is 4. The van der Waals surface area contributed by atoms with Crippen molar-refractivity contribution in [2.75, 3.05) is 14.2 Å². The summed E-state index contributed by atoms with van der Waals surface area (Å²) in [5.41, 5.74) is -1.47. The fourth-order valence-electron chi connectivity index (χ4n) is 3.98. The molecule has 0 radical (unpaired) electrons. The zero-order valence-electron chi connectivity index (χ0n) is 21.2. The monoisotopic (exact) mass is 542 g/mol. The molecule has 0 amide bonds. The van der Waals surface area contributed by atoms with Gasteiger partial charge >= 0.3 is 0 Å². The van der Waals surface area contributed by atoms with Gasteiger partial charge in [0.15, 0.2) is 0 Å². The van der Waals surface area contributed by atoms with Crippen LogP contribution in [0, 0.1) is 0 Å². The molecule has 0 atom stereocenters. The van der Waals surface area contributed by atoms with Crippen molar-refractivity contribution in [1.29, 1.82) is 0 Å². The van der Waals surface area contributed by atoms with Gasteiger partial charge in [0, 0.05) is 22.3 Å². The van der Waals surface area contributed by atoms with E-state index in [-0.39, 0.29) is 22.3 Å². The zero-order chi connectivity index (χ0) is 29.1. The molecule has 0 saturated heterocycles. The number of hydrogen-bond donors (Lipinski definition) is 4. The summed E-state index contributed by atoms with van der Waals surface area (Å²) in [6.07, 6.45) is 0. The molecule has 4 N–H and O–H groups in total. The van der Waals surface area contributed by atoms with Crippen molar-refractivity contribution < 1.29 is 49.1 Å². The van der Waals surface area contributed by atoms with Crippen LogP contribution >= 0.6 is 0 Å². The first-order valence-electron chi connectivity index (χ1n) is 11.6. The summed E-state index contributed by atoms with van der Waals surface area (Å²) in [5.74, 6) is -6.12. The maximum atomic E-state index is 12.8. The molecule has 0 spiro atoms. The molecule has 0 unspecified atom stereocenters. The van der Waals surface area contributed by atoms with Gasteiger partial charge in [-0.05, 0) is 48.5 Å². The molecule has 0 aromatic heterocycles. The van der Waals surface area contributed by atoms with E-state index in [0.717, 1.165) is 24.3 Å². The van der Waals surface area contributed by atoms with Gasteiger partial charge in [0.1, 0.15) is 34.5 Å². The lowest BCUT2D eigenvalue weighted by molar-refractivity contribution is 0.0815. The number of phenolic OH excluding ortho intramolecular Hbond substituents is 4. The molecule has 0 aliphatic rings. The molecule has 0 heterocycles. The Balaban J connectivity index is 1.66. The third kappa shape index (κ3) is 5.18. The number of carbonyl (C=O) groups excluding carboxylic acids is 4. The summed E-state index contributed by atoms with van der Waals surface area (Å²) in [5, 5.41) is 42.3. The molecule has 0 fully saturated rings. The number of hydrogen-bond acceptors (Lipinski definition) is 10. The van der Waals surface area contributed by atoms with Gasteiger partial charge < -0.3 is 29.9 Å². The number of carbonyl (C=O) groups is 4. The van der Waals surface area contributed by atoms with Gasteiger partial charge in [0.05, 0.1) is 25.3 Å². The van der Waals surface area contributed by atoms with Crippen LogP contribution in [0.2, 0.25) is 0 Å². The minimum Gasteiger partial charge on any atom is -0.507 e. The number of Topliss-reactive ketones (excluding diaryl/α,β-unsaturated/α-hetero) is 4. The van der Waals surface area contributed by atoms with Crippen LogP contribution in [0.25, 0.3) is 11.1 Å². The highest BCUT2D eigenvalue weighted by molar-refractivity contribution is 6.50. The summed E-state index contributed by atoms with van der Waals surface area (Å²) in [4.78, 5) is 51.0. The molecular weight excluding hydrogens is 520 g/mol. The van der Waals surface area contributed by atoms with Gasteiger partial charge in [-0.25, -0.2) is 0 Å². The van der Waals surface area contributed by atoms with Gasteiger partial charge in [-0.1, -0.05) is 24.3 Å². The first kappa shape index (κ1) is 27.4. The van der Waals surface area contributed by atoms with Crippen molar-refractivity contribution >= 4 is 23.1 Å². The lowest BCUT2D eigenvalue weighted by Crippen LogP contribution is -2.15. The topological polar surface area (TPSA) is 168 Å². The average Bonchev–Trinajstić information content (AvgIpc) is 2.97. The van der Waals surface area contributed by atoms with Crippen LogP contribution in [0.15, 0.2) is 72.8 Å². The van der Waals surface area contributed by atoms with Crippen LogP contribution in [0.4, 0.5) is 0 Å². The smallest absolute Gasteiger partial charge is 0.237 e. The van der Waals surface area contributed by atoms with Gasteiger partial charge in [0.2, 0.25) is 23.1 Å². The van der Waals surface area contributed by atoms with Crippen molar-refractivity contribution in [3.8, 4) is 45.6 Å². The zero-order valence-corrected chi connectivity index (χ0v) is 21.2.